The van der Waals surface area contributed by atoms with Crippen molar-refractivity contribution in [2.75, 3.05) is 6.54 Å². The van der Waals surface area contributed by atoms with Crippen molar-refractivity contribution in [1.82, 2.24) is 10.6 Å². The maximum Gasteiger partial charge on any atom is 0.234 e. The Morgan fingerprint density at radius 1 is 1.04 bits per heavy atom. The lowest BCUT2D eigenvalue weighted by molar-refractivity contribution is -0.120. The van der Waals surface area contributed by atoms with Gasteiger partial charge in [-0.2, -0.15) is 0 Å². The van der Waals surface area contributed by atoms with Gasteiger partial charge >= 0.3 is 0 Å². The average Bonchev–Trinajstić information content (AvgIpc) is 3.56. The van der Waals surface area contributed by atoms with E-state index in [9.17, 15) is 4.79 Å². The van der Waals surface area contributed by atoms with Gasteiger partial charge in [-0.3, -0.25) is 4.79 Å². The molecule has 130 valence electrons. The van der Waals surface area contributed by atoms with Crippen LogP contribution in [-0.2, 0) is 11.4 Å². The lowest BCUT2D eigenvalue weighted by Crippen LogP contribution is -2.36. The van der Waals surface area contributed by atoms with Gasteiger partial charge in [0.1, 0.15) is 12.4 Å². The molecule has 2 aromatic carbocycles. The number of rotatable bonds is 8. The molecule has 0 aromatic heterocycles. The molecule has 0 spiro atoms. The van der Waals surface area contributed by atoms with E-state index in [-0.39, 0.29) is 5.91 Å². The van der Waals surface area contributed by atoms with Gasteiger partial charge < -0.3 is 15.4 Å². The molecule has 0 heterocycles. The summed E-state index contributed by atoms with van der Waals surface area (Å²) >= 11 is 0. The molecule has 0 saturated heterocycles. The third-order valence-corrected chi connectivity index (χ3v) is 4.81. The van der Waals surface area contributed by atoms with E-state index < -0.39 is 0 Å². The van der Waals surface area contributed by atoms with Crippen LogP contribution in [0.15, 0.2) is 54.6 Å². The zero-order chi connectivity index (χ0) is 17.1. The summed E-state index contributed by atoms with van der Waals surface area (Å²) in [6.07, 6.45) is 3.37. The Kier molecular flexibility index (Phi) is 4.70. The molecular formula is C21H24N2O2. The summed E-state index contributed by atoms with van der Waals surface area (Å²) in [6, 6.07) is 19.4. The third kappa shape index (κ3) is 4.60. The minimum absolute atomic E-state index is 0.123. The van der Waals surface area contributed by atoms with E-state index in [4.69, 9.17) is 4.74 Å². The van der Waals surface area contributed by atoms with Crippen LogP contribution in [0.4, 0.5) is 0 Å². The molecule has 2 fully saturated rings. The quantitative estimate of drug-likeness (QED) is 0.779. The monoisotopic (exact) mass is 336 g/mol. The maximum absolute atomic E-state index is 11.7. The second kappa shape index (κ2) is 7.28. The summed E-state index contributed by atoms with van der Waals surface area (Å²) in [5.74, 6) is 1.52. The lowest BCUT2D eigenvalue weighted by Gasteiger charge is -2.08. The number of hydrogen-bond donors (Lipinski definition) is 2. The summed E-state index contributed by atoms with van der Waals surface area (Å²) < 4.78 is 5.83. The standard InChI is InChI=1S/C21H24N2O2/c24-21(23-17-8-9-17)13-22-20-12-19(20)16-6-10-18(11-7-16)25-14-15-4-2-1-3-5-15/h1-7,10-11,17,19-20,22H,8-9,12-14H2,(H,23,24)/t19-,20+/m0/s1. The van der Waals surface area contributed by atoms with Crippen molar-refractivity contribution in [2.24, 2.45) is 0 Å². The van der Waals surface area contributed by atoms with Gasteiger partial charge in [0.25, 0.3) is 0 Å². The molecule has 0 bridgehead atoms. The summed E-state index contributed by atoms with van der Waals surface area (Å²) in [5, 5.41) is 6.36. The van der Waals surface area contributed by atoms with E-state index in [1.807, 2.05) is 30.3 Å². The molecule has 2 aliphatic carbocycles. The van der Waals surface area contributed by atoms with Crippen LogP contribution >= 0.6 is 0 Å². The second-order valence-corrected chi connectivity index (χ2v) is 7.01. The largest absolute Gasteiger partial charge is 0.489 e. The Morgan fingerprint density at radius 3 is 2.52 bits per heavy atom. The molecule has 2 saturated carbocycles. The van der Waals surface area contributed by atoms with Gasteiger partial charge in [0.2, 0.25) is 5.91 Å². The topological polar surface area (TPSA) is 50.4 Å². The molecule has 0 aliphatic heterocycles. The summed E-state index contributed by atoms with van der Waals surface area (Å²) in [6.45, 7) is 1.01. The summed E-state index contributed by atoms with van der Waals surface area (Å²) in [5.41, 5.74) is 2.48. The van der Waals surface area contributed by atoms with Crippen molar-refractivity contribution in [1.29, 1.82) is 0 Å². The Bertz CT molecular complexity index is 710. The summed E-state index contributed by atoms with van der Waals surface area (Å²) in [7, 11) is 0. The van der Waals surface area contributed by atoms with Crippen LogP contribution < -0.4 is 15.4 Å². The summed E-state index contributed by atoms with van der Waals surface area (Å²) in [4.78, 5) is 11.7. The molecule has 0 unspecified atom stereocenters. The molecule has 1 amide bonds. The zero-order valence-corrected chi connectivity index (χ0v) is 14.3. The van der Waals surface area contributed by atoms with E-state index >= 15 is 0 Å². The van der Waals surface area contributed by atoms with Crippen molar-refractivity contribution in [2.45, 2.75) is 43.9 Å². The number of nitrogens with one attached hydrogen (secondary N) is 2. The lowest BCUT2D eigenvalue weighted by atomic mass is 10.1. The molecule has 2 atom stereocenters. The third-order valence-electron chi connectivity index (χ3n) is 4.81. The molecule has 25 heavy (non-hydrogen) atoms. The van der Waals surface area contributed by atoms with Crippen molar-refractivity contribution in [3.8, 4) is 5.75 Å². The number of benzene rings is 2. The second-order valence-electron chi connectivity index (χ2n) is 7.01. The SMILES string of the molecule is O=C(CN[C@@H]1C[C@H]1c1ccc(OCc2ccccc2)cc1)NC1CC1. The fourth-order valence-electron chi connectivity index (χ4n) is 3.07. The van der Waals surface area contributed by atoms with E-state index in [0.717, 1.165) is 25.0 Å². The number of amides is 1. The van der Waals surface area contributed by atoms with Crippen molar-refractivity contribution in [3.63, 3.8) is 0 Å². The fourth-order valence-corrected chi connectivity index (χ4v) is 3.07. The smallest absolute Gasteiger partial charge is 0.234 e. The highest BCUT2D eigenvalue weighted by Gasteiger charge is 2.38. The molecule has 0 radical (unpaired) electrons. The van der Waals surface area contributed by atoms with Gasteiger partial charge in [-0.1, -0.05) is 42.5 Å². The Hall–Kier alpha value is -2.33. The van der Waals surface area contributed by atoms with Gasteiger partial charge in [0.15, 0.2) is 0 Å². The predicted molar refractivity (Wildman–Crippen MR) is 97.5 cm³/mol. The van der Waals surface area contributed by atoms with Gasteiger partial charge in [-0.15, -0.1) is 0 Å². The first-order chi connectivity index (χ1) is 12.3. The molecular weight excluding hydrogens is 312 g/mol. The normalized spacial score (nSPS) is 21.6. The van der Waals surface area contributed by atoms with Crippen LogP contribution in [0.25, 0.3) is 0 Å². The van der Waals surface area contributed by atoms with Crippen molar-refractivity contribution in [3.05, 3.63) is 65.7 Å². The zero-order valence-electron chi connectivity index (χ0n) is 14.3. The molecule has 4 rings (SSSR count). The van der Waals surface area contributed by atoms with E-state index in [0.29, 0.717) is 31.2 Å². The molecule has 4 nitrogen and oxygen atoms in total. The van der Waals surface area contributed by atoms with Gasteiger partial charge in [0, 0.05) is 18.0 Å². The fraction of sp³-hybridized carbons (Fsp3) is 0.381. The number of carbonyl (C=O) groups excluding carboxylic acids is 1. The van der Waals surface area contributed by atoms with Crippen LogP contribution in [0.1, 0.15) is 36.3 Å². The number of carbonyl (C=O) groups is 1. The minimum atomic E-state index is 0.123. The Labute approximate surface area is 148 Å². The number of ether oxygens (including phenoxy) is 1. The highest BCUT2D eigenvalue weighted by atomic mass is 16.5. The van der Waals surface area contributed by atoms with Gasteiger partial charge in [-0.25, -0.2) is 0 Å². The Morgan fingerprint density at radius 2 is 1.80 bits per heavy atom. The van der Waals surface area contributed by atoms with Crippen LogP contribution in [0.2, 0.25) is 0 Å². The molecule has 2 N–H and O–H groups in total. The van der Waals surface area contributed by atoms with Crippen molar-refractivity contribution < 1.29 is 9.53 Å². The number of hydrogen-bond acceptors (Lipinski definition) is 3. The van der Waals surface area contributed by atoms with E-state index in [1.54, 1.807) is 0 Å². The average molecular weight is 336 g/mol. The van der Waals surface area contributed by atoms with Crippen LogP contribution in [0.3, 0.4) is 0 Å². The first kappa shape index (κ1) is 16.2. The Balaban J connectivity index is 1.22. The highest BCUT2D eigenvalue weighted by molar-refractivity contribution is 5.78. The minimum Gasteiger partial charge on any atom is -0.489 e. The van der Waals surface area contributed by atoms with Crippen molar-refractivity contribution >= 4 is 5.91 Å². The molecule has 4 heteroatoms. The van der Waals surface area contributed by atoms with E-state index in [2.05, 4.69) is 34.9 Å². The first-order valence-electron chi connectivity index (χ1n) is 9.07. The maximum atomic E-state index is 11.7. The van der Waals surface area contributed by atoms with Crippen LogP contribution in [-0.4, -0.2) is 24.5 Å². The molecule has 2 aliphatic rings. The predicted octanol–water partition coefficient (Wildman–Crippen LogP) is 2.99. The first-order valence-corrected chi connectivity index (χ1v) is 9.07. The van der Waals surface area contributed by atoms with E-state index in [1.165, 1.54) is 11.1 Å². The van der Waals surface area contributed by atoms with Gasteiger partial charge in [0.05, 0.1) is 6.54 Å². The highest BCUT2D eigenvalue weighted by Crippen LogP contribution is 2.41. The molecule has 2 aromatic rings. The van der Waals surface area contributed by atoms with Gasteiger partial charge in [-0.05, 0) is 42.5 Å². The van der Waals surface area contributed by atoms with Crippen LogP contribution in [0.5, 0.6) is 5.75 Å². The van der Waals surface area contributed by atoms with Crippen LogP contribution in [0, 0.1) is 0 Å².